The number of hydrogen-bond acceptors (Lipinski definition) is 4. The number of benzene rings is 2. The van der Waals surface area contributed by atoms with Gasteiger partial charge in [-0.2, -0.15) is 0 Å². The van der Waals surface area contributed by atoms with Gasteiger partial charge >= 0.3 is 0 Å². The first-order chi connectivity index (χ1) is 12.0. The van der Waals surface area contributed by atoms with E-state index in [0.717, 1.165) is 26.8 Å². The maximum Gasteiger partial charge on any atom is 0.295 e. The van der Waals surface area contributed by atoms with Crippen LogP contribution in [0.2, 0.25) is 10.0 Å². The van der Waals surface area contributed by atoms with Crippen LogP contribution in [0.15, 0.2) is 51.8 Å². The first-order valence-corrected chi connectivity index (χ1v) is 9.51. The van der Waals surface area contributed by atoms with Crippen LogP contribution in [0.4, 0.5) is 10.5 Å². The van der Waals surface area contributed by atoms with Crippen LogP contribution in [0, 0.1) is 0 Å². The molecule has 1 aliphatic heterocycles. The number of amides is 2. The summed E-state index contributed by atoms with van der Waals surface area (Å²) >= 11 is 16.5. The second-order valence-electron chi connectivity index (χ2n) is 5.09. The largest absolute Gasteiger partial charge is 0.367 e. The Kier molecular flexibility index (Phi) is 5.74. The van der Waals surface area contributed by atoms with Crippen LogP contribution in [0.1, 0.15) is 5.56 Å². The zero-order valence-corrected chi connectivity index (χ0v) is 16.5. The van der Waals surface area contributed by atoms with Crippen molar-refractivity contribution in [2.75, 3.05) is 12.0 Å². The summed E-state index contributed by atoms with van der Waals surface area (Å²) in [6.07, 6.45) is 1.55. The highest BCUT2D eigenvalue weighted by Gasteiger charge is 2.35. The fourth-order valence-corrected chi connectivity index (χ4v) is 3.75. The van der Waals surface area contributed by atoms with Crippen molar-refractivity contribution in [3.63, 3.8) is 0 Å². The predicted octanol–water partition coefficient (Wildman–Crippen LogP) is 5.86. The summed E-state index contributed by atoms with van der Waals surface area (Å²) in [5.41, 5.74) is 1.33. The number of hydrogen-bond donors (Lipinski definition) is 1. The van der Waals surface area contributed by atoms with Gasteiger partial charge in [-0.25, -0.2) is 0 Å². The molecule has 0 radical (unpaired) electrons. The monoisotopic (exact) mass is 456 g/mol. The van der Waals surface area contributed by atoms with Crippen LogP contribution in [0.3, 0.4) is 0 Å². The van der Waals surface area contributed by atoms with Crippen LogP contribution in [0.25, 0.3) is 6.08 Å². The smallest absolute Gasteiger partial charge is 0.295 e. The molecule has 0 spiro atoms. The normalized spacial score (nSPS) is 16.0. The summed E-state index contributed by atoms with van der Waals surface area (Å²) in [5, 5.41) is 3.56. The van der Waals surface area contributed by atoms with Crippen LogP contribution in [0.5, 0.6) is 0 Å². The highest BCUT2D eigenvalue weighted by atomic mass is 79.9. The highest BCUT2D eigenvalue weighted by Crippen LogP contribution is 2.35. The first kappa shape index (κ1) is 18.3. The number of anilines is 1. The van der Waals surface area contributed by atoms with Crippen molar-refractivity contribution in [3.05, 3.63) is 67.5 Å². The number of nitrogens with zero attached hydrogens (tertiary/aromatic N) is 1. The molecule has 4 nitrogen and oxygen atoms in total. The molecule has 2 amide bonds. The summed E-state index contributed by atoms with van der Waals surface area (Å²) in [6.45, 7) is 0.0832. The van der Waals surface area contributed by atoms with E-state index < -0.39 is 0 Å². The number of thioether (sulfide) groups is 1. The maximum absolute atomic E-state index is 12.5. The summed E-state index contributed by atoms with van der Waals surface area (Å²) in [4.78, 5) is 26.1. The fourth-order valence-electron chi connectivity index (χ4n) is 2.15. The lowest BCUT2D eigenvalue weighted by atomic mass is 10.2. The molecule has 0 saturated carbocycles. The molecular weight excluding hydrogens is 447 g/mol. The van der Waals surface area contributed by atoms with E-state index in [1.165, 1.54) is 0 Å². The van der Waals surface area contributed by atoms with Crippen molar-refractivity contribution >= 4 is 73.8 Å². The lowest BCUT2D eigenvalue weighted by Gasteiger charge is -2.14. The van der Waals surface area contributed by atoms with Crippen LogP contribution in [-0.2, 0) is 4.79 Å². The van der Waals surface area contributed by atoms with Crippen molar-refractivity contribution in [2.24, 2.45) is 0 Å². The lowest BCUT2D eigenvalue weighted by molar-refractivity contribution is -0.122. The van der Waals surface area contributed by atoms with Crippen molar-refractivity contribution in [2.45, 2.75) is 0 Å². The molecule has 0 aromatic heterocycles. The molecule has 1 fully saturated rings. The van der Waals surface area contributed by atoms with E-state index in [1.807, 2.05) is 24.3 Å². The van der Waals surface area contributed by atoms with Gasteiger partial charge in [-0.15, -0.1) is 0 Å². The van der Waals surface area contributed by atoms with Crippen molar-refractivity contribution in [1.82, 2.24) is 4.90 Å². The van der Waals surface area contributed by atoms with Crippen molar-refractivity contribution in [3.8, 4) is 0 Å². The Labute approximate surface area is 167 Å². The van der Waals surface area contributed by atoms with Crippen molar-refractivity contribution in [1.29, 1.82) is 0 Å². The van der Waals surface area contributed by atoms with Gasteiger partial charge in [0.15, 0.2) is 0 Å². The van der Waals surface area contributed by atoms with Gasteiger partial charge in [0.05, 0.1) is 11.6 Å². The average Bonchev–Trinajstić information content (AvgIpc) is 2.84. The second kappa shape index (κ2) is 7.83. The Balaban J connectivity index is 1.76. The third-order valence-corrected chi connectivity index (χ3v) is 5.53. The molecule has 25 heavy (non-hydrogen) atoms. The zero-order valence-electron chi connectivity index (χ0n) is 12.6. The van der Waals surface area contributed by atoms with Crippen LogP contribution >= 0.6 is 50.9 Å². The molecule has 128 valence electrons. The number of imide groups is 1. The third kappa shape index (κ3) is 4.20. The molecule has 0 bridgehead atoms. The van der Waals surface area contributed by atoms with Gasteiger partial charge in [0.25, 0.3) is 11.1 Å². The molecule has 1 N–H and O–H groups in total. The molecule has 2 aromatic carbocycles. The minimum atomic E-state index is -0.379. The number of carbonyl (C=O) groups is 2. The fraction of sp³-hybridized carbons (Fsp3) is 0.0588. The molecule has 8 heteroatoms. The number of carbonyl (C=O) groups excluding carboxylic acids is 2. The lowest BCUT2D eigenvalue weighted by Crippen LogP contribution is -2.33. The second-order valence-corrected chi connectivity index (χ2v) is 7.81. The number of rotatable bonds is 4. The van der Waals surface area contributed by atoms with Gasteiger partial charge < -0.3 is 5.32 Å². The topological polar surface area (TPSA) is 49.4 Å². The van der Waals surface area contributed by atoms with E-state index in [9.17, 15) is 9.59 Å². The first-order valence-electron chi connectivity index (χ1n) is 7.14. The van der Waals surface area contributed by atoms with Gasteiger partial charge in [0.2, 0.25) is 0 Å². The molecule has 1 saturated heterocycles. The summed E-state index contributed by atoms with van der Waals surface area (Å²) < 4.78 is 0.948. The number of nitrogens with one attached hydrogen (secondary N) is 1. The van der Waals surface area contributed by atoms with Crippen LogP contribution in [-0.4, -0.2) is 22.7 Å². The van der Waals surface area contributed by atoms with E-state index in [-0.39, 0.29) is 22.7 Å². The molecule has 1 aliphatic rings. The molecular formula is C17H11BrCl2N2O2S. The average molecular weight is 458 g/mol. The van der Waals surface area contributed by atoms with Gasteiger partial charge in [-0.05, 0) is 54.2 Å². The van der Waals surface area contributed by atoms with Gasteiger partial charge in [-0.1, -0.05) is 45.2 Å². The zero-order chi connectivity index (χ0) is 18.0. The molecule has 0 aliphatic carbocycles. The SMILES string of the molecule is O=C1S/C(=C\c2c(Cl)cccc2Cl)C(=O)N1CNc1ccc(Br)cc1. The summed E-state index contributed by atoms with van der Waals surface area (Å²) in [5.74, 6) is -0.379. The van der Waals surface area contributed by atoms with E-state index in [4.69, 9.17) is 23.2 Å². The molecule has 2 aromatic rings. The van der Waals surface area contributed by atoms with Gasteiger partial charge in [0, 0.05) is 25.8 Å². The maximum atomic E-state index is 12.5. The minimum Gasteiger partial charge on any atom is -0.367 e. The van der Waals surface area contributed by atoms with E-state index in [0.29, 0.717) is 15.6 Å². The Hall–Kier alpha value is -1.47. The highest BCUT2D eigenvalue weighted by molar-refractivity contribution is 9.10. The third-order valence-electron chi connectivity index (χ3n) is 3.43. The molecule has 1 heterocycles. The van der Waals surface area contributed by atoms with E-state index in [1.54, 1.807) is 24.3 Å². The molecule has 0 unspecified atom stereocenters. The Morgan fingerprint density at radius 3 is 2.36 bits per heavy atom. The summed E-state index contributed by atoms with van der Waals surface area (Å²) in [6, 6.07) is 12.5. The van der Waals surface area contributed by atoms with Crippen molar-refractivity contribution < 1.29 is 9.59 Å². The van der Waals surface area contributed by atoms with Gasteiger partial charge in [0.1, 0.15) is 0 Å². The molecule has 3 rings (SSSR count). The Morgan fingerprint density at radius 2 is 1.72 bits per heavy atom. The van der Waals surface area contributed by atoms with E-state index >= 15 is 0 Å². The predicted molar refractivity (Wildman–Crippen MR) is 107 cm³/mol. The quantitative estimate of drug-likeness (QED) is 0.584. The Morgan fingerprint density at radius 1 is 1.08 bits per heavy atom. The van der Waals surface area contributed by atoms with E-state index in [2.05, 4.69) is 21.2 Å². The minimum absolute atomic E-state index is 0.0832. The van der Waals surface area contributed by atoms with Crippen LogP contribution < -0.4 is 5.32 Å². The Bertz CT molecular complexity index is 851. The van der Waals surface area contributed by atoms with Gasteiger partial charge in [-0.3, -0.25) is 14.5 Å². The molecule has 0 atom stereocenters. The standard InChI is InChI=1S/C17H11BrCl2N2O2S/c18-10-4-6-11(7-5-10)21-9-22-16(23)15(25-17(22)24)8-12-13(19)2-1-3-14(12)20/h1-8,21H,9H2/b15-8-. The summed E-state index contributed by atoms with van der Waals surface area (Å²) in [7, 11) is 0. The number of halogens is 3.